The molecule has 16 heteroatoms. The summed E-state index contributed by atoms with van der Waals surface area (Å²) in [5.74, 6) is -2.03. The van der Waals surface area contributed by atoms with Crippen LogP contribution >= 0.6 is 74.7 Å². The molecule has 0 radical (unpaired) electrons. The molecule has 0 amide bonds. The zero-order chi connectivity index (χ0) is 61.3. The van der Waals surface area contributed by atoms with Crippen LogP contribution in [0, 0.1) is 23.3 Å². The van der Waals surface area contributed by atoms with E-state index in [0.717, 1.165) is 22.3 Å². The lowest BCUT2D eigenvalue weighted by molar-refractivity contribution is -0.119. The second-order valence-electron chi connectivity index (χ2n) is 18.3. The smallest absolute Gasteiger partial charge is 0.176 e. The standard InChI is InChI=1S/C21H18ClFO2.C16H11BrClFO.C16H13ClFNO.C16H12ClFO.ClH/c1-14(2)20(24)11-12-21(25)19(16-5-9-18(23)10-6-16)13-15-3-7-17(22)8-4-15;17-10-16(20)15(12-3-7-14(19)8-4-12)9-11-1-5-13(18)6-2-11;17-13-5-1-11(2-6-13)9-15(16(20)10-19)12-3-7-14(18)8-4-12;1-11(19)16(13-4-8-15(18)9-5-13)10-12-2-6-14(17)7-3-12;/h3-10,13H,1,11-12H2,2H3;1-9H,10H2;1-9H,10,19H2;2-10H,1H3;1H/b19-13+;2*15-9+;16-10-;. The topological polar surface area (TPSA) is 111 Å². The summed E-state index contributed by atoms with van der Waals surface area (Å²) >= 11 is 26.5. The van der Waals surface area contributed by atoms with Gasteiger partial charge >= 0.3 is 0 Å². The lowest BCUT2D eigenvalue weighted by Gasteiger charge is -2.08. The number of halogens is 10. The van der Waals surface area contributed by atoms with Crippen LogP contribution in [0.5, 0.6) is 0 Å². The van der Waals surface area contributed by atoms with Gasteiger partial charge in [0.1, 0.15) is 23.3 Å². The van der Waals surface area contributed by atoms with Crippen LogP contribution in [-0.4, -0.2) is 40.8 Å². The number of nitrogens with two attached hydrogens (primary N) is 1. The van der Waals surface area contributed by atoms with Gasteiger partial charge in [0, 0.05) is 55.2 Å². The van der Waals surface area contributed by atoms with Gasteiger partial charge in [0.2, 0.25) is 0 Å². The zero-order valence-electron chi connectivity index (χ0n) is 45.7. The number of alkyl halides is 1. The van der Waals surface area contributed by atoms with Gasteiger partial charge in [0.25, 0.3) is 0 Å². The van der Waals surface area contributed by atoms with E-state index in [9.17, 15) is 41.5 Å². The number of Topliss-reactive ketones (excluding diaryl/α,β-unsaturated/α-hetero) is 5. The van der Waals surface area contributed by atoms with Gasteiger partial charge in [-0.3, -0.25) is 24.0 Å². The van der Waals surface area contributed by atoms with E-state index in [-0.39, 0.29) is 89.3 Å². The van der Waals surface area contributed by atoms with Crippen molar-refractivity contribution in [1.82, 2.24) is 0 Å². The first-order valence-corrected chi connectivity index (χ1v) is 28.2. The van der Waals surface area contributed by atoms with E-state index in [0.29, 0.717) is 70.2 Å². The van der Waals surface area contributed by atoms with E-state index >= 15 is 0 Å². The van der Waals surface area contributed by atoms with Gasteiger partial charge in [-0.15, -0.1) is 12.4 Å². The summed E-state index contributed by atoms with van der Waals surface area (Å²) in [6.45, 7) is 6.61. The van der Waals surface area contributed by atoms with Gasteiger partial charge in [0.05, 0.1) is 11.9 Å². The van der Waals surface area contributed by atoms with Crippen LogP contribution in [0.15, 0.2) is 206 Å². The average Bonchev–Trinajstić information content (AvgIpc) is 3.56. The third-order valence-electron chi connectivity index (χ3n) is 12.0. The molecular weight excluding hydrogens is 1260 g/mol. The van der Waals surface area contributed by atoms with Gasteiger partial charge in [0.15, 0.2) is 28.9 Å². The summed E-state index contributed by atoms with van der Waals surface area (Å²) in [4.78, 5) is 60.1. The minimum Gasteiger partial charge on any atom is -0.324 e. The number of allylic oxidation sites excluding steroid dienone is 4. The van der Waals surface area contributed by atoms with Crippen LogP contribution in [0.1, 0.15) is 71.2 Å². The van der Waals surface area contributed by atoms with E-state index in [4.69, 9.17) is 52.1 Å². The Balaban J connectivity index is 0.000000243. The van der Waals surface area contributed by atoms with E-state index in [1.807, 2.05) is 24.3 Å². The Kier molecular flexibility index (Phi) is 29.3. The number of benzene rings is 8. The van der Waals surface area contributed by atoms with Crippen LogP contribution in [0.2, 0.25) is 20.1 Å². The third-order valence-corrected chi connectivity index (χ3v) is 13.5. The third kappa shape index (κ3) is 23.8. The molecule has 85 heavy (non-hydrogen) atoms. The Labute approximate surface area is 526 Å². The molecule has 2 N–H and O–H groups in total. The molecule has 0 aliphatic rings. The molecule has 0 atom stereocenters. The summed E-state index contributed by atoms with van der Waals surface area (Å²) in [6, 6.07) is 51.7. The first kappa shape index (κ1) is 69.9. The molecule has 0 aliphatic heterocycles. The molecule has 0 heterocycles. The maximum absolute atomic E-state index is 13.2. The van der Waals surface area contributed by atoms with Crippen molar-refractivity contribution < 1.29 is 41.5 Å². The molecule has 0 saturated heterocycles. The minimum atomic E-state index is -0.375. The van der Waals surface area contributed by atoms with Crippen LogP contribution in [0.3, 0.4) is 0 Å². The first-order valence-electron chi connectivity index (χ1n) is 25.6. The van der Waals surface area contributed by atoms with E-state index in [1.54, 1.807) is 153 Å². The minimum absolute atomic E-state index is 0. The van der Waals surface area contributed by atoms with Crippen LogP contribution in [-0.2, 0) is 24.0 Å². The van der Waals surface area contributed by atoms with Crippen molar-refractivity contribution in [2.24, 2.45) is 5.73 Å². The van der Waals surface area contributed by atoms with Gasteiger partial charge in [-0.05, 0) is 185 Å². The lowest BCUT2D eigenvalue weighted by atomic mass is 9.95. The monoisotopic (exact) mass is 1310 g/mol. The normalized spacial score (nSPS) is 11.2. The zero-order valence-corrected chi connectivity index (χ0v) is 51.2. The largest absolute Gasteiger partial charge is 0.324 e. The Morgan fingerprint density at radius 2 is 0.624 bits per heavy atom. The van der Waals surface area contributed by atoms with E-state index < -0.39 is 0 Å². The predicted molar refractivity (Wildman–Crippen MR) is 348 cm³/mol. The summed E-state index contributed by atoms with van der Waals surface area (Å²) in [5, 5.41) is 2.71. The Morgan fingerprint density at radius 3 is 0.871 bits per heavy atom. The van der Waals surface area contributed by atoms with Gasteiger partial charge < -0.3 is 5.73 Å². The van der Waals surface area contributed by atoms with Crippen molar-refractivity contribution in [1.29, 1.82) is 0 Å². The average molecular weight is 1310 g/mol. The number of carbonyl (C=O) groups excluding carboxylic acids is 5. The molecule has 0 unspecified atom stereocenters. The van der Waals surface area contributed by atoms with E-state index in [1.165, 1.54) is 55.5 Å². The second-order valence-corrected chi connectivity index (χ2v) is 20.6. The van der Waals surface area contributed by atoms with Gasteiger partial charge in [-0.2, -0.15) is 0 Å². The fourth-order valence-corrected chi connectivity index (χ4v) is 8.35. The predicted octanol–water partition coefficient (Wildman–Crippen LogP) is 19.1. The van der Waals surface area contributed by atoms with Crippen molar-refractivity contribution in [2.75, 3.05) is 11.9 Å². The number of hydrogen-bond donors (Lipinski definition) is 1. The molecule has 436 valence electrons. The molecular formula is C69H55BrCl5F4NO5. The SMILES string of the molecule is C=C(C)C(=O)CCC(=O)/C(=C/c1ccc(Cl)cc1)c1ccc(F)cc1.CC(=O)/C(=C/c1ccc(Cl)cc1)c1ccc(F)cc1.Cl.NCC(=O)/C(=C/c1ccc(Cl)cc1)c1ccc(F)cc1.O=C(CBr)/C(=C/c1ccc(Cl)cc1)c1ccc(F)cc1. The molecule has 0 spiro atoms. The lowest BCUT2D eigenvalue weighted by Crippen LogP contribution is -2.15. The van der Waals surface area contributed by atoms with Crippen molar-refractivity contribution in [3.05, 3.63) is 294 Å². The summed E-state index contributed by atoms with van der Waals surface area (Å²) in [7, 11) is 0. The summed E-state index contributed by atoms with van der Waals surface area (Å²) < 4.78 is 52.0. The Bertz CT molecular complexity index is 3570. The highest BCUT2D eigenvalue weighted by molar-refractivity contribution is 9.09. The van der Waals surface area contributed by atoms with E-state index in [2.05, 4.69) is 22.5 Å². The highest BCUT2D eigenvalue weighted by Gasteiger charge is 2.16. The van der Waals surface area contributed by atoms with Gasteiger partial charge in [-0.1, -0.05) is 166 Å². The Morgan fingerprint density at radius 1 is 0.388 bits per heavy atom. The first-order chi connectivity index (χ1) is 40.1. The maximum atomic E-state index is 13.2. The highest BCUT2D eigenvalue weighted by Crippen LogP contribution is 2.26. The van der Waals surface area contributed by atoms with Crippen molar-refractivity contribution in [2.45, 2.75) is 26.7 Å². The number of hydrogen-bond acceptors (Lipinski definition) is 6. The molecule has 8 aromatic rings. The van der Waals surface area contributed by atoms with Crippen LogP contribution in [0.25, 0.3) is 46.6 Å². The number of ketones is 5. The fourth-order valence-electron chi connectivity index (χ4n) is 7.54. The molecule has 0 saturated carbocycles. The van der Waals surface area contributed by atoms with Gasteiger partial charge in [-0.25, -0.2) is 17.6 Å². The quantitative estimate of drug-likeness (QED) is 0.0396. The summed E-state index contributed by atoms with van der Waals surface area (Å²) in [6.07, 6.45) is 7.16. The molecule has 8 aromatic carbocycles. The van der Waals surface area contributed by atoms with Crippen molar-refractivity contribution >= 4 is 150 Å². The second kappa shape index (κ2) is 35.7. The molecule has 0 fully saturated rings. The van der Waals surface area contributed by atoms with Crippen molar-refractivity contribution in [3.8, 4) is 0 Å². The molecule has 0 aliphatic carbocycles. The maximum Gasteiger partial charge on any atom is 0.176 e. The molecule has 8 rings (SSSR count). The highest BCUT2D eigenvalue weighted by atomic mass is 79.9. The Hall–Kier alpha value is -7.58. The van der Waals surface area contributed by atoms with Crippen molar-refractivity contribution in [3.63, 3.8) is 0 Å². The molecule has 0 aromatic heterocycles. The number of rotatable bonds is 18. The molecule has 0 bridgehead atoms. The number of carbonyl (C=O) groups is 5. The van der Waals surface area contributed by atoms with Crippen LogP contribution in [0.4, 0.5) is 17.6 Å². The van der Waals surface area contributed by atoms with Crippen LogP contribution < -0.4 is 5.73 Å². The summed E-state index contributed by atoms with van der Waals surface area (Å²) in [5.41, 5.74) is 13.8. The fraction of sp³-hybridized carbons (Fsp3) is 0.0870. The molecule has 6 nitrogen and oxygen atoms in total.